The Labute approximate surface area is 167 Å². The molecule has 2 aliphatic heterocycles. The molecule has 0 spiro atoms. The number of thioether (sulfide) groups is 1. The minimum atomic E-state index is -5.15. The van der Waals surface area contributed by atoms with E-state index in [0.717, 1.165) is 6.07 Å². The second-order valence-corrected chi connectivity index (χ2v) is 11.2. The summed E-state index contributed by atoms with van der Waals surface area (Å²) >= 11 is -3.57. The summed E-state index contributed by atoms with van der Waals surface area (Å²) < 4.78 is 28.4. The standard InChI is InChI=1S/C8H10AsNO5.C8H11NO3S/c1-5(11)10-7-4-2-3-6(8(7)12)9(13,14)15;1-8(7(11)12)3-9-5(10)2-6(9)13-4-8/h2-4,12H,1H3,(H,10,11)(H2,13,14,15);6H,2-4H2,1H3,(H,11,12)/t;6-,8?/m.1/s1. The van der Waals surface area contributed by atoms with Gasteiger partial charge in [0, 0.05) is 12.3 Å². The molecule has 2 atom stereocenters. The Bertz CT molecular complexity index is 857. The second-order valence-electron chi connectivity index (χ2n) is 6.76. The number of amides is 2. The summed E-state index contributed by atoms with van der Waals surface area (Å²) in [6, 6.07) is 3.83. The van der Waals surface area contributed by atoms with E-state index in [-0.39, 0.29) is 17.0 Å². The molecule has 5 N–H and O–H groups in total. The number of phenols is 1. The number of phenolic OH excluding ortho intramolecular Hbond substituents is 1. The van der Waals surface area contributed by atoms with Crippen LogP contribution in [0.2, 0.25) is 0 Å². The van der Waals surface area contributed by atoms with Crippen LogP contribution in [0, 0.1) is 5.41 Å². The van der Waals surface area contributed by atoms with E-state index < -0.39 is 41.6 Å². The van der Waals surface area contributed by atoms with Gasteiger partial charge in [-0.1, -0.05) is 0 Å². The van der Waals surface area contributed by atoms with Crippen LogP contribution >= 0.6 is 11.8 Å². The van der Waals surface area contributed by atoms with Crippen LogP contribution in [0.5, 0.6) is 5.75 Å². The van der Waals surface area contributed by atoms with E-state index in [9.17, 15) is 23.2 Å². The minimum absolute atomic E-state index is 0.00951. The number of benzene rings is 1. The average Bonchev–Trinajstić information content (AvgIpc) is 2.57. The van der Waals surface area contributed by atoms with E-state index in [1.807, 2.05) is 0 Å². The number of β-lactam (4-membered cyclic amide) rings is 1. The average molecular weight is 476 g/mol. The van der Waals surface area contributed by atoms with E-state index in [4.69, 9.17) is 13.3 Å². The van der Waals surface area contributed by atoms with Crippen molar-refractivity contribution in [1.29, 1.82) is 0 Å². The predicted octanol–water partition coefficient (Wildman–Crippen LogP) is -0.706. The van der Waals surface area contributed by atoms with Gasteiger partial charge in [0.15, 0.2) is 0 Å². The van der Waals surface area contributed by atoms with Crippen LogP contribution in [0.15, 0.2) is 18.2 Å². The van der Waals surface area contributed by atoms with Crippen molar-refractivity contribution in [3.05, 3.63) is 18.2 Å². The Morgan fingerprint density at radius 3 is 2.50 bits per heavy atom. The molecule has 0 aromatic heterocycles. The van der Waals surface area contributed by atoms with E-state index in [1.165, 1.54) is 19.1 Å². The molecule has 0 radical (unpaired) electrons. The van der Waals surface area contributed by atoms with Gasteiger partial charge < -0.3 is 10.0 Å². The summed E-state index contributed by atoms with van der Waals surface area (Å²) in [5, 5.41) is 21.0. The van der Waals surface area contributed by atoms with Gasteiger partial charge >= 0.3 is 94.1 Å². The molecule has 154 valence electrons. The Hall–Kier alpha value is -1.94. The predicted molar refractivity (Wildman–Crippen MR) is 101 cm³/mol. The smallest absolute Gasteiger partial charge is 0.312 e. The number of carboxylic acids is 1. The van der Waals surface area contributed by atoms with Crippen molar-refractivity contribution in [1.82, 2.24) is 4.90 Å². The topological polar surface area (TPSA) is 164 Å². The van der Waals surface area contributed by atoms with Gasteiger partial charge in [-0.05, 0) is 6.92 Å². The van der Waals surface area contributed by atoms with Crippen molar-refractivity contribution < 1.29 is 36.5 Å². The van der Waals surface area contributed by atoms with Gasteiger partial charge in [0.2, 0.25) is 5.91 Å². The van der Waals surface area contributed by atoms with Gasteiger partial charge in [0.1, 0.15) is 0 Å². The van der Waals surface area contributed by atoms with Crippen LogP contribution in [0.4, 0.5) is 5.69 Å². The molecule has 10 nitrogen and oxygen atoms in total. The third kappa shape index (κ3) is 4.91. The maximum Gasteiger partial charge on any atom is 0.312 e. The number of carbonyl (C=O) groups excluding carboxylic acids is 2. The van der Waals surface area contributed by atoms with Crippen molar-refractivity contribution in [2.75, 3.05) is 17.6 Å². The van der Waals surface area contributed by atoms with Crippen LogP contribution in [0.1, 0.15) is 20.3 Å². The van der Waals surface area contributed by atoms with Crippen molar-refractivity contribution in [2.45, 2.75) is 25.6 Å². The number of para-hydroxylation sites is 1. The molecule has 2 fully saturated rings. The molecular weight excluding hydrogens is 455 g/mol. The Morgan fingerprint density at radius 1 is 1.36 bits per heavy atom. The quantitative estimate of drug-likeness (QED) is 0.215. The first-order chi connectivity index (χ1) is 12.8. The summed E-state index contributed by atoms with van der Waals surface area (Å²) in [6.45, 7) is 3.30. The Morgan fingerprint density at radius 2 is 2.00 bits per heavy atom. The number of carbonyl (C=O) groups is 3. The van der Waals surface area contributed by atoms with Crippen molar-refractivity contribution in [3.63, 3.8) is 0 Å². The number of hydrogen-bond acceptors (Lipinski definition) is 6. The van der Waals surface area contributed by atoms with Gasteiger partial charge in [-0.3, -0.25) is 9.59 Å². The SMILES string of the molecule is CC(=O)Nc1cccc([As](=O)(O)O)c1O.CC1(C(=O)O)CS[C@@H]2CC(=O)N2C1. The Balaban J connectivity index is 0.000000202. The number of anilines is 1. The molecule has 1 unspecified atom stereocenters. The number of hydrogen-bond donors (Lipinski definition) is 5. The zero-order valence-electron chi connectivity index (χ0n) is 15.2. The largest absolute Gasteiger partial charge is 0.481 e. The molecule has 1 aromatic rings. The molecule has 28 heavy (non-hydrogen) atoms. The van der Waals surface area contributed by atoms with Crippen LogP contribution in [0.25, 0.3) is 0 Å². The summed E-state index contributed by atoms with van der Waals surface area (Å²) in [6.07, 6.45) is 0.584. The first-order valence-corrected chi connectivity index (χ1v) is 12.6. The number of aromatic hydroxyl groups is 1. The molecule has 12 heteroatoms. The van der Waals surface area contributed by atoms with Gasteiger partial charge in [0.25, 0.3) is 0 Å². The monoisotopic (exact) mass is 476 g/mol. The van der Waals surface area contributed by atoms with Crippen LogP contribution < -0.4 is 9.67 Å². The van der Waals surface area contributed by atoms with Crippen molar-refractivity contribution in [3.8, 4) is 5.75 Å². The zero-order valence-corrected chi connectivity index (χ0v) is 17.8. The number of rotatable bonds is 3. The summed E-state index contributed by atoms with van der Waals surface area (Å²) in [5.41, 5.74) is -0.762. The maximum absolute atomic E-state index is 11.1. The minimum Gasteiger partial charge on any atom is -0.481 e. The fraction of sp³-hybridized carbons (Fsp3) is 0.438. The number of aliphatic carboxylic acids is 1. The molecule has 0 aliphatic carbocycles. The van der Waals surface area contributed by atoms with Crippen LogP contribution in [0.3, 0.4) is 0 Å². The molecule has 2 aliphatic rings. The summed E-state index contributed by atoms with van der Waals surface area (Å²) in [4.78, 5) is 34.4. The summed E-state index contributed by atoms with van der Waals surface area (Å²) in [5.74, 6) is -1.12. The van der Waals surface area contributed by atoms with Gasteiger partial charge in [-0.25, -0.2) is 0 Å². The molecule has 2 amide bonds. The molecule has 2 heterocycles. The second kappa shape index (κ2) is 8.20. The fourth-order valence-corrected chi connectivity index (χ4v) is 5.48. The fourth-order valence-electron chi connectivity index (χ4n) is 2.65. The van der Waals surface area contributed by atoms with Gasteiger partial charge in [-0.15, -0.1) is 11.8 Å². The molecule has 0 bridgehead atoms. The number of fused-ring (bicyclic) bond motifs is 1. The Kier molecular flexibility index (Phi) is 6.54. The normalized spacial score (nSPS) is 23.6. The molecule has 1 aromatic carbocycles. The molecular formula is C16H21AsN2O8S. The molecule has 2 saturated heterocycles. The zero-order chi connectivity index (χ0) is 21.3. The third-order valence-electron chi connectivity index (χ3n) is 4.29. The maximum atomic E-state index is 11.1. The van der Waals surface area contributed by atoms with Crippen LogP contribution in [-0.4, -0.2) is 72.9 Å². The first-order valence-electron chi connectivity index (χ1n) is 8.15. The summed E-state index contributed by atoms with van der Waals surface area (Å²) in [7, 11) is 0. The van der Waals surface area contributed by atoms with Gasteiger partial charge in [-0.2, -0.15) is 0 Å². The number of carboxylic acid groups (broad SMARTS) is 1. The number of nitrogens with zero attached hydrogens (tertiary/aromatic N) is 1. The molecule has 0 saturated carbocycles. The first kappa shape index (κ1) is 22.3. The molecule has 3 rings (SSSR count). The van der Waals surface area contributed by atoms with E-state index in [0.29, 0.717) is 18.7 Å². The van der Waals surface area contributed by atoms with Crippen molar-refractivity contribution >= 4 is 53.8 Å². The van der Waals surface area contributed by atoms with Gasteiger partial charge in [0.05, 0.1) is 17.2 Å². The third-order valence-corrected chi connectivity index (χ3v) is 7.97. The van der Waals surface area contributed by atoms with Crippen molar-refractivity contribution in [2.24, 2.45) is 5.41 Å². The van der Waals surface area contributed by atoms with E-state index >= 15 is 0 Å². The van der Waals surface area contributed by atoms with E-state index in [2.05, 4.69) is 5.32 Å². The van der Waals surface area contributed by atoms with Crippen LogP contribution in [-0.2, 0) is 18.1 Å². The number of nitrogens with one attached hydrogen (secondary N) is 1. The van der Waals surface area contributed by atoms with E-state index in [1.54, 1.807) is 23.6 Å².